The van der Waals surface area contributed by atoms with Crippen molar-refractivity contribution in [2.24, 2.45) is 11.3 Å². The minimum atomic E-state index is -4.60. The summed E-state index contributed by atoms with van der Waals surface area (Å²) in [5.41, 5.74) is 7.17. The highest BCUT2D eigenvalue weighted by atomic mass is 35.5. The lowest BCUT2D eigenvalue weighted by molar-refractivity contribution is -0.384. The van der Waals surface area contributed by atoms with Crippen molar-refractivity contribution < 1.29 is 22.9 Å². The van der Waals surface area contributed by atoms with Gasteiger partial charge >= 0.3 is 0 Å². The molecule has 6 aromatic rings. The first kappa shape index (κ1) is 46.5. The molecule has 3 aromatic heterocycles. The molecule has 3 radical (unpaired) electrons. The number of carbonyl (C=O) groups excluding carboxylic acids is 1. The Morgan fingerprint density at radius 1 is 1.04 bits per heavy atom. The van der Waals surface area contributed by atoms with Gasteiger partial charge in [-0.1, -0.05) is 49.2 Å². The number of fused-ring (bicyclic) bond motifs is 2. The maximum absolute atomic E-state index is 14.3. The Balaban J connectivity index is 0.966. The van der Waals surface area contributed by atoms with Crippen LogP contribution in [0.1, 0.15) is 49.0 Å². The number of nitro benzene ring substituents is 1. The molecular weight excluding hydrogens is 908 g/mol. The second kappa shape index (κ2) is 19.2. The molecule has 1 amide bonds. The molecule has 2 saturated heterocycles. The van der Waals surface area contributed by atoms with Crippen molar-refractivity contribution in [1.82, 2.24) is 34.3 Å². The lowest BCUT2D eigenvalue weighted by Crippen LogP contribution is -2.47. The third-order valence-corrected chi connectivity index (χ3v) is 15.5. The smallest absolute Gasteiger partial charge is 0.293 e. The van der Waals surface area contributed by atoms with Crippen LogP contribution in [0.5, 0.6) is 0 Å². The monoisotopic (exact) mass is 961 g/mol. The molecule has 1 aliphatic carbocycles. The molecule has 16 nitrogen and oxygen atoms in total. The molecule has 2 atom stereocenters. The van der Waals surface area contributed by atoms with Crippen molar-refractivity contribution in [3.63, 3.8) is 0 Å². The molecule has 9 rings (SSSR count). The molecule has 3 aliphatic rings. The minimum absolute atomic E-state index is 0.0605. The number of hydrogen-bond acceptors (Lipinski definition) is 12. The van der Waals surface area contributed by atoms with Gasteiger partial charge in [0.15, 0.2) is 5.65 Å². The number of nitrogens with one attached hydrogen (secondary N) is 3. The summed E-state index contributed by atoms with van der Waals surface area (Å²) in [6.07, 6.45) is 6.34. The highest BCUT2D eigenvalue weighted by molar-refractivity contribution is 7.90. The number of anilines is 2. The molecule has 0 bridgehead atoms. The van der Waals surface area contributed by atoms with E-state index < -0.39 is 31.4 Å². The van der Waals surface area contributed by atoms with E-state index in [2.05, 4.69) is 71.0 Å². The van der Waals surface area contributed by atoms with Gasteiger partial charge in [-0.05, 0) is 103 Å². The average molecular weight is 963 g/mol. The number of carbonyl (C=O) groups is 1. The van der Waals surface area contributed by atoms with Crippen LogP contribution in [0.3, 0.4) is 0 Å². The largest absolute Gasteiger partial charge is 0.377 e. The standard InChI is InChI=1S/C48H54ClN10O6SSi/c1-48(2)14-12-33(39(25-48)31-4-6-35(49)7-5-31)29-56-16-18-57(19-17-56)36-8-10-38(42(23-36)58-43-22-32-13-15-50-46(32)53-41(43)26-52-58)47(60)54-66(63,64)37-9-11-40(44(24-37)59(61)62)51-27-45-34(30-67)28-55(3)20-21-65-45/h4-11,13,15,22-24,26,34,45,51-52H,12,14,16-21,25,27-30H2,1-3H3,(H,54,60)/t34?,45-/m0/s1. The van der Waals surface area contributed by atoms with E-state index >= 15 is 0 Å². The van der Waals surface area contributed by atoms with Crippen LogP contribution in [-0.4, -0.2) is 131 Å². The molecular formula is C48H54ClN10O6SSi. The van der Waals surface area contributed by atoms with Crippen LogP contribution in [0.25, 0.3) is 33.3 Å². The fourth-order valence-electron chi connectivity index (χ4n) is 9.56. The zero-order valence-electron chi connectivity index (χ0n) is 37.8. The normalized spacial score (nSPS) is 19.7. The number of pyridine rings is 1. The summed E-state index contributed by atoms with van der Waals surface area (Å²) >= 11 is 6.27. The van der Waals surface area contributed by atoms with E-state index in [-0.39, 0.29) is 35.2 Å². The van der Waals surface area contributed by atoms with Crippen LogP contribution < -0.4 is 14.9 Å². The van der Waals surface area contributed by atoms with Gasteiger partial charge in [0, 0.05) is 97.2 Å². The number of halogens is 1. The Kier molecular flexibility index (Phi) is 13.3. The van der Waals surface area contributed by atoms with Gasteiger partial charge in [0.05, 0.1) is 39.3 Å². The van der Waals surface area contributed by atoms with E-state index in [4.69, 9.17) is 21.3 Å². The van der Waals surface area contributed by atoms with Crippen LogP contribution in [-0.2, 0) is 14.8 Å². The van der Waals surface area contributed by atoms with Gasteiger partial charge in [-0.15, -0.1) is 0 Å². The predicted octanol–water partition coefficient (Wildman–Crippen LogP) is 7.31. The van der Waals surface area contributed by atoms with E-state index in [1.54, 1.807) is 23.1 Å². The molecule has 349 valence electrons. The van der Waals surface area contributed by atoms with E-state index in [1.807, 2.05) is 43.4 Å². The summed E-state index contributed by atoms with van der Waals surface area (Å²) in [7, 11) is 1.04. The molecule has 3 N–H and O–H groups in total. The molecule has 3 aromatic carbocycles. The highest BCUT2D eigenvalue weighted by Gasteiger charge is 2.31. The zero-order valence-corrected chi connectivity index (χ0v) is 40.4. The number of aromatic nitrogens is 4. The number of rotatable bonds is 13. The average Bonchev–Trinajstić information content (AvgIpc) is 3.90. The number of allylic oxidation sites excluding steroid dienone is 1. The Bertz CT molecular complexity index is 2970. The van der Waals surface area contributed by atoms with Crippen molar-refractivity contribution in [3.05, 3.63) is 117 Å². The number of ether oxygens (including phenoxy) is 1. The summed E-state index contributed by atoms with van der Waals surface area (Å²) in [5.74, 6) is -0.786. The first-order valence-electron chi connectivity index (χ1n) is 22.6. The van der Waals surface area contributed by atoms with Crippen LogP contribution >= 0.6 is 11.6 Å². The maximum atomic E-state index is 14.3. The molecule has 0 spiro atoms. The molecule has 5 heterocycles. The van der Waals surface area contributed by atoms with Gasteiger partial charge in [-0.25, -0.2) is 23.1 Å². The number of nitrogens with zero attached hydrogens (tertiary/aromatic N) is 7. The molecule has 67 heavy (non-hydrogen) atoms. The molecule has 2 aliphatic heterocycles. The van der Waals surface area contributed by atoms with Crippen LogP contribution in [0.4, 0.5) is 17.1 Å². The van der Waals surface area contributed by atoms with Gasteiger partial charge in [0.25, 0.3) is 21.6 Å². The van der Waals surface area contributed by atoms with Crippen LogP contribution in [0, 0.1) is 21.4 Å². The maximum Gasteiger partial charge on any atom is 0.293 e. The van der Waals surface area contributed by atoms with Crippen LogP contribution in [0.15, 0.2) is 95.7 Å². The lowest BCUT2D eigenvalue weighted by Gasteiger charge is -2.39. The fraction of sp³-hybridized carbons (Fsp3) is 0.396. The molecule has 2 fully saturated rings. The first-order chi connectivity index (χ1) is 32.1. The highest BCUT2D eigenvalue weighted by Crippen LogP contribution is 2.43. The second-order valence-corrected chi connectivity index (χ2v) is 21.2. The van der Waals surface area contributed by atoms with Crippen molar-refractivity contribution in [3.8, 4) is 5.69 Å². The Hall–Kier alpha value is -5.63. The van der Waals surface area contributed by atoms with E-state index in [9.17, 15) is 23.3 Å². The summed E-state index contributed by atoms with van der Waals surface area (Å²) in [6, 6.07) is 21.5. The Labute approximate surface area is 398 Å². The first-order valence-corrected chi connectivity index (χ1v) is 25.2. The topological polar surface area (TPSA) is 184 Å². The fourth-order valence-corrected chi connectivity index (χ4v) is 11.1. The minimum Gasteiger partial charge on any atom is -0.377 e. The van der Waals surface area contributed by atoms with E-state index in [1.165, 1.54) is 28.8 Å². The molecule has 0 saturated carbocycles. The number of likely N-dealkylation sites (N-methyl/N-ethyl adjacent to an activating group) is 1. The van der Waals surface area contributed by atoms with Gasteiger partial charge in [0.2, 0.25) is 0 Å². The molecule has 19 heteroatoms. The van der Waals surface area contributed by atoms with Gasteiger partial charge in [-0.2, -0.15) is 0 Å². The number of sulfonamides is 1. The summed E-state index contributed by atoms with van der Waals surface area (Å²) in [5, 5.41) is 20.2. The summed E-state index contributed by atoms with van der Waals surface area (Å²) < 4.78 is 37.9. The predicted molar refractivity (Wildman–Crippen MR) is 263 cm³/mol. The van der Waals surface area contributed by atoms with Gasteiger partial charge in [-0.3, -0.25) is 29.6 Å². The SMILES string of the molecule is CN1CCO[C@@H](CNc2ccc(S(=O)(=O)NC(=O)c3ccc(N4CCN(CC5=C(c6ccc(Cl)cc6)CC(C)(C)CC5)CC4)cc3-n3[nH]cc4nc5nccc5cc43)cc2[N+](=O)[O-])C(C[Si])C1. The van der Waals surface area contributed by atoms with E-state index in [0.717, 1.165) is 87.2 Å². The van der Waals surface area contributed by atoms with Crippen molar-refractivity contribution in [2.45, 2.75) is 50.2 Å². The van der Waals surface area contributed by atoms with E-state index in [0.29, 0.717) is 35.0 Å². The van der Waals surface area contributed by atoms with Crippen molar-refractivity contribution in [2.75, 3.05) is 76.2 Å². The third kappa shape index (κ3) is 10.1. The lowest BCUT2D eigenvalue weighted by atomic mass is 9.72. The third-order valence-electron chi connectivity index (χ3n) is 13.4. The number of benzene rings is 3. The number of nitro groups is 1. The number of piperazine rings is 1. The van der Waals surface area contributed by atoms with Crippen LogP contribution in [0.2, 0.25) is 11.1 Å². The van der Waals surface area contributed by atoms with Gasteiger partial charge < -0.3 is 19.9 Å². The summed E-state index contributed by atoms with van der Waals surface area (Å²) in [6.45, 7) is 11.0. The Morgan fingerprint density at radius 2 is 1.84 bits per heavy atom. The number of H-pyrrole nitrogens is 1. The second-order valence-electron chi connectivity index (χ2n) is 18.6. The zero-order chi connectivity index (χ0) is 47.0. The number of hydrogen-bond donors (Lipinski definition) is 3. The molecule has 1 unspecified atom stereocenters. The summed E-state index contributed by atoms with van der Waals surface area (Å²) in [4.78, 5) is 41.5. The number of aromatic amines is 1. The number of amides is 1. The van der Waals surface area contributed by atoms with Crippen molar-refractivity contribution in [1.29, 1.82) is 0 Å². The quantitative estimate of drug-likeness (QED) is 0.0597. The van der Waals surface area contributed by atoms with Gasteiger partial charge in [0.1, 0.15) is 11.2 Å². The Morgan fingerprint density at radius 3 is 2.60 bits per heavy atom. The van der Waals surface area contributed by atoms with Crippen molar-refractivity contribution >= 4 is 82.5 Å².